The minimum absolute atomic E-state index is 0.0624. The van der Waals surface area contributed by atoms with Crippen molar-refractivity contribution >= 4 is 23.6 Å². The van der Waals surface area contributed by atoms with Crippen molar-refractivity contribution in [1.82, 2.24) is 35.0 Å². The Hall–Kier alpha value is -4.73. The lowest BCUT2D eigenvalue weighted by Crippen LogP contribution is -2.36. The Morgan fingerprint density at radius 2 is 1.82 bits per heavy atom. The lowest BCUT2D eigenvalue weighted by Gasteiger charge is -2.24. The summed E-state index contributed by atoms with van der Waals surface area (Å²) in [5.74, 6) is -0.361. The zero-order valence-corrected chi connectivity index (χ0v) is 22.7. The predicted molar refractivity (Wildman–Crippen MR) is 142 cm³/mol. The summed E-state index contributed by atoms with van der Waals surface area (Å²) in [5, 5.41) is 27.5. The lowest BCUT2D eigenvalue weighted by molar-refractivity contribution is -0.123. The molecule has 0 radical (unpaired) electrons. The van der Waals surface area contributed by atoms with Crippen LogP contribution in [-0.2, 0) is 42.1 Å². The number of aromatic amines is 1. The highest BCUT2D eigenvalue weighted by Crippen LogP contribution is 2.24. The zero-order chi connectivity index (χ0) is 28.4. The number of carbonyl (C=O) groups is 3. The van der Waals surface area contributed by atoms with Crippen molar-refractivity contribution in [3.8, 4) is 6.07 Å². The highest BCUT2D eigenvalue weighted by Gasteiger charge is 2.28. The Kier molecular flexibility index (Phi) is 7.25. The van der Waals surface area contributed by atoms with Crippen LogP contribution in [0.3, 0.4) is 0 Å². The molecule has 0 atom stereocenters. The van der Waals surface area contributed by atoms with Gasteiger partial charge in [-0.15, -0.1) is 0 Å². The average molecular weight is 546 g/mol. The van der Waals surface area contributed by atoms with Crippen LogP contribution < -0.4 is 5.32 Å². The molecule has 4 heterocycles. The normalized spacial score (nSPS) is 14.9. The van der Waals surface area contributed by atoms with Crippen molar-refractivity contribution < 1.29 is 19.1 Å². The van der Waals surface area contributed by atoms with Gasteiger partial charge in [0.1, 0.15) is 12.3 Å². The molecule has 1 aromatic carbocycles. The van der Waals surface area contributed by atoms with E-state index in [2.05, 4.69) is 31.9 Å². The summed E-state index contributed by atoms with van der Waals surface area (Å²) in [6, 6.07) is 8.72. The fourth-order valence-electron chi connectivity index (χ4n) is 4.58. The second-order valence-corrected chi connectivity index (χ2v) is 10.9. The van der Waals surface area contributed by atoms with Crippen LogP contribution in [0.4, 0.5) is 10.5 Å². The fraction of sp³-hybridized carbons (Fsp3) is 0.444. The second-order valence-electron chi connectivity index (χ2n) is 10.9. The maximum Gasteiger partial charge on any atom is 0.410 e. The number of nitriles is 1. The van der Waals surface area contributed by atoms with Crippen molar-refractivity contribution in [2.24, 2.45) is 5.41 Å². The molecule has 208 valence electrons. The zero-order valence-electron chi connectivity index (χ0n) is 22.7. The lowest BCUT2D eigenvalue weighted by atomic mass is 9.95. The number of fused-ring (bicyclic) bond motifs is 2. The van der Waals surface area contributed by atoms with Gasteiger partial charge >= 0.3 is 6.09 Å². The quantitative estimate of drug-likeness (QED) is 0.504. The third kappa shape index (κ3) is 5.66. The van der Waals surface area contributed by atoms with Gasteiger partial charge in [0, 0.05) is 54.8 Å². The Balaban J connectivity index is 1.19. The molecule has 2 N–H and O–H groups in total. The van der Waals surface area contributed by atoms with E-state index in [-0.39, 0.29) is 18.4 Å². The number of aromatic nitrogens is 5. The van der Waals surface area contributed by atoms with Gasteiger partial charge in [0.2, 0.25) is 5.91 Å². The van der Waals surface area contributed by atoms with E-state index in [9.17, 15) is 19.6 Å². The largest absolute Gasteiger partial charge is 0.444 e. The number of rotatable bonds is 4. The first kappa shape index (κ1) is 26.9. The van der Waals surface area contributed by atoms with Crippen molar-refractivity contribution in [2.45, 2.75) is 53.3 Å². The van der Waals surface area contributed by atoms with Crippen molar-refractivity contribution in [1.29, 1.82) is 5.26 Å². The molecule has 5 rings (SSSR count). The molecule has 13 heteroatoms. The van der Waals surface area contributed by atoms with Gasteiger partial charge in [-0.3, -0.25) is 14.3 Å². The number of anilines is 1. The van der Waals surface area contributed by atoms with Crippen LogP contribution >= 0.6 is 0 Å². The molecule has 0 spiro atoms. The van der Waals surface area contributed by atoms with Crippen LogP contribution in [0.5, 0.6) is 0 Å². The summed E-state index contributed by atoms with van der Waals surface area (Å²) >= 11 is 0. The van der Waals surface area contributed by atoms with Crippen molar-refractivity contribution in [3.63, 3.8) is 0 Å². The maximum atomic E-state index is 13.1. The first-order valence-electron chi connectivity index (χ1n) is 13.1. The first-order valence-corrected chi connectivity index (χ1v) is 13.1. The number of carbonyl (C=O) groups excluding carboxylic acids is 3. The number of hydrogen-bond donors (Lipinski definition) is 2. The molecule has 40 heavy (non-hydrogen) atoms. The minimum Gasteiger partial charge on any atom is -0.444 e. The smallest absolute Gasteiger partial charge is 0.410 e. The standard InChI is InChI=1S/C27H31N9O4/c1-27(2,3)25(38)29-21-12-17(14-28)4-5-18(21)16-40-26(39)34-8-6-19-13-22(32-36(19)11-10-34)24(37)35-9-7-20-23(15-35)31-33-30-20/h4-5,12-13H,6-11,15-16H2,1-3H3,(H,29,38)(H,30,31,33). The van der Waals surface area contributed by atoms with E-state index in [0.717, 1.165) is 17.1 Å². The van der Waals surface area contributed by atoms with Crippen LogP contribution in [0.1, 0.15) is 59.5 Å². The number of benzene rings is 1. The summed E-state index contributed by atoms with van der Waals surface area (Å²) in [5.41, 5.74) is 3.70. The number of hydrogen-bond acceptors (Lipinski definition) is 8. The van der Waals surface area contributed by atoms with Gasteiger partial charge in [0.25, 0.3) is 5.91 Å². The van der Waals surface area contributed by atoms with E-state index in [4.69, 9.17) is 4.74 Å². The van der Waals surface area contributed by atoms with E-state index < -0.39 is 11.5 Å². The molecule has 3 aromatic rings. The van der Waals surface area contributed by atoms with Gasteiger partial charge in [-0.05, 0) is 18.2 Å². The van der Waals surface area contributed by atoms with Crippen LogP contribution in [0.15, 0.2) is 24.3 Å². The van der Waals surface area contributed by atoms with Gasteiger partial charge in [-0.25, -0.2) is 4.79 Å². The maximum absolute atomic E-state index is 13.1. The Bertz CT molecular complexity index is 1470. The van der Waals surface area contributed by atoms with Gasteiger partial charge < -0.3 is 19.9 Å². The van der Waals surface area contributed by atoms with E-state index in [1.807, 2.05) is 0 Å². The van der Waals surface area contributed by atoms with Crippen LogP contribution in [0.25, 0.3) is 0 Å². The van der Waals surface area contributed by atoms with E-state index >= 15 is 0 Å². The van der Waals surface area contributed by atoms with Gasteiger partial charge in [-0.1, -0.05) is 26.8 Å². The Morgan fingerprint density at radius 1 is 1.05 bits per heavy atom. The highest BCUT2D eigenvalue weighted by atomic mass is 16.6. The van der Waals surface area contributed by atoms with Crippen molar-refractivity contribution in [3.05, 3.63) is 58.2 Å². The van der Waals surface area contributed by atoms with Crippen molar-refractivity contribution in [2.75, 3.05) is 25.0 Å². The van der Waals surface area contributed by atoms with Crippen LogP contribution in [-0.4, -0.2) is 72.5 Å². The number of nitrogens with zero attached hydrogens (tertiary/aromatic N) is 7. The molecular weight excluding hydrogens is 514 g/mol. The number of amides is 3. The molecule has 2 aliphatic rings. The Labute approximate surface area is 231 Å². The summed E-state index contributed by atoms with van der Waals surface area (Å²) in [6.45, 7) is 7.47. The van der Waals surface area contributed by atoms with Gasteiger partial charge in [0.05, 0.1) is 30.4 Å². The molecule has 2 aliphatic heterocycles. The molecule has 3 amide bonds. The van der Waals surface area contributed by atoms with Crippen LogP contribution in [0, 0.1) is 16.7 Å². The number of H-pyrrole nitrogens is 1. The summed E-state index contributed by atoms with van der Waals surface area (Å²) in [6.07, 6.45) is 0.679. The molecule has 13 nitrogen and oxygen atoms in total. The number of nitrogens with one attached hydrogen (secondary N) is 2. The molecule has 0 bridgehead atoms. The first-order chi connectivity index (χ1) is 19.1. The minimum atomic E-state index is -0.633. The second kappa shape index (κ2) is 10.8. The third-order valence-electron chi connectivity index (χ3n) is 7.03. The van der Waals surface area contributed by atoms with Crippen LogP contribution in [0.2, 0.25) is 0 Å². The monoisotopic (exact) mass is 545 g/mol. The predicted octanol–water partition coefficient (Wildman–Crippen LogP) is 2.25. The highest BCUT2D eigenvalue weighted by molar-refractivity contribution is 5.95. The van der Waals surface area contributed by atoms with Gasteiger partial charge in [0.15, 0.2) is 5.69 Å². The summed E-state index contributed by atoms with van der Waals surface area (Å²) < 4.78 is 7.36. The fourth-order valence-corrected chi connectivity index (χ4v) is 4.58. The SMILES string of the molecule is CC(C)(C)C(=O)Nc1cc(C#N)ccc1COC(=O)N1CCc2cc(C(=O)N3CCc4n[nH]nc4C3)nn2CC1. The molecule has 0 saturated heterocycles. The molecule has 0 fully saturated rings. The summed E-state index contributed by atoms with van der Waals surface area (Å²) in [7, 11) is 0. The Morgan fingerprint density at radius 3 is 2.60 bits per heavy atom. The topological polar surface area (TPSA) is 162 Å². The summed E-state index contributed by atoms with van der Waals surface area (Å²) in [4.78, 5) is 41.9. The van der Waals surface area contributed by atoms with E-state index in [0.29, 0.717) is 68.1 Å². The third-order valence-corrected chi connectivity index (χ3v) is 7.03. The van der Waals surface area contributed by atoms with E-state index in [1.165, 1.54) is 0 Å². The molecule has 2 aromatic heterocycles. The molecule has 0 saturated carbocycles. The van der Waals surface area contributed by atoms with Gasteiger partial charge in [-0.2, -0.15) is 25.8 Å². The molecule has 0 aliphatic carbocycles. The number of ether oxygens (including phenoxy) is 1. The average Bonchev–Trinajstić information content (AvgIpc) is 3.53. The molecular formula is C27H31N9O4. The van der Waals surface area contributed by atoms with E-state index in [1.54, 1.807) is 59.5 Å². The molecule has 0 unspecified atom stereocenters.